The normalized spacial score (nSPS) is 11.7. The second kappa shape index (κ2) is 8.96. The van der Waals surface area contributed by atoms with E-state index in [1.54, 1.807) is 23.1 Å². The molecule has 0 radical (unpaired) electrons. The van der Waals surface area contributed by atoms with Gasteiger partial charge in [-0.1, -0.05) is 38.2 Å². The first-order valence-electron chi connectivity index (χ1n) is 10.3. The zero-order chi connectivity index (χ0) is 22.9. The van der Waals surface area contributed by atoms with E-state index in [1.807, 2.05) is 37.3 Å². The third-order valence-electron chi connectivity index (χ3n) is 4.95. The third kappa shape index (κ3) is 4.97. The molecule has 0 fully saturated rings. The number of fused-ring (bicyclic) bond motifs is 1. The van der Waals surface area contributed by atoms with E-state index in [-0.39, 0.29) is 11.3 Å². The molecule has 1 N–H and O–H groups in total. The molecule has 0 aliphatic rings. The number of amides is 1. The van der Waals surface area contributed by atoms with E-state index >= 15 is 0 Å². The molecule has 1 amide bonds. The zero-order valence-electron chi connectivity index (χ0n) is 18.8. The fourth-order valence-electron chi connectivity index (χ4n) is 3.20. The van der Waals surface area contributed by atoms with Crippen LogP contribution < -0.4 is 10.1 Å². The molecule has 2 heterocycles. The molecule has 0 aliphatic carbocycles. The lowest BCUT2D eigenvalue weighted by Gasteiger charge is -2.18. The minimum absolute atomic E-state index is 0.0708. The summed E-state index contributed by atoms with van der Waals surface area (Å²) in [5.74, 6) is 1.62. The fraction of sp³-hybridized carbons (Fsp3) is 0.292. The van der Waals surface area contributed by atoms with Gasteiger partial charge < -0.3 is 10.1 Å². The van der Waals surface area contributed by atoms with Crippen LogP contribution in [0.4, 0.5) is 5.82 Å². The number of benzene rings is 2. The van der Waals surface area contributed by atoms with Gasteiger partial charge in [0.05, 0.1) is 28.8 Å². The monoisotopic (exact) mass is 466 g/mol. The lowest BCUT2D eigenvalue weighted by atomic mass is 9.87. The lowest BCUT2D eigenvalue weighted by Crippen LogP contribution is -2.16. The summed E-state index contributed by atoms with van der Waals surface area (Å²) in [6.07, 6.45) is 0. The Hall–Kier alpha value is -2.84. The number of aromatic nitrogens is 3. The Labute approximate surface area is 196 Å². The topological polar surface area (TPSA) is 69.0 Å². The summed E-state index contributed by atoms with van der Waals surface area (Å²) in [5, 5.41) is 8.29. The highest BCUT2D eigenvalue weighted by molar-refractivity contribution is 8.00. The van der Waals surface area contributed by atoms with Gasteiger partial charge in [-0.05, 0) is 54.3 Å². The van der Waals surface area contributed by atoms with Crippen LogP contribution >= 0.6 is 23.1 Å². The van der Waals surface area contributed by atoms with Crippen molar-refractivity contribution in [3.8, 4) is 10.9 Å². The maximum atomic E-state index is 12.6. The molecule has 0 saturated carbocycles. The number of thioether (sulfide) groups is 1. The van der Waals surface area contributed by atoms with Crippen LogP contribution in [0.2, 0.25) is 0 Å². The minimum atomic E-state index is -0.0944. The molecule has 0 aliphatic heterocycles. The number of hydrogen-bond acceptors (Lipinski definition) is 6. The quantitative estimate of drug-likeness (QED) is 0.362. The summed E-state index contributed by atoms with van der Waals surface area (Å²) < 4.78 is 7.99. The summed E-state index contributed by atoms with van der Waals surface area (Å²) in [7, 11) is 1.63. The van der Waals surface area contributed by atoms with Crippen LogP contribution in [0, 0.1) is 6.92 Å². The molecule has 2 aromatic carbocycles. The van der Waals surface area contributed by atoms with Gasteiger partial charge in [-0.2, -0.15) is 9.78 Å². The van der Waals surface area contributed by atoms with Gasteiger partial charge in [-0.3, -0.25) is 4.79 Å². The Bertz CT molecular complexity index is 1250. The molecule has 0 unspecified atom stereocenters. The molecular formula is C24H26N4O2S2. The number of rotatable bonds is 6. The van der Waals surface area contributed by atoms with Gasteiger partial charge in [0.2, 0.25) is 11.0 Å². The van der Waals surface area contributed by atoms with Crippen molar-refractivity contribution in [2.45, 2.75) is 38.0 Å². The van der Waals surface area contributed by atoms with E-state index in [4.69, 9.17) is 9.72 Å². The molecule has 32 heavy (non-hydrogen) atoms. The Morgan fingerprint density at radius 2 is 1.91 bits per heavy atom. The molecule has 8 heteroatoms. The predicted octanol–water partition coefficient (Wildman–Crippen LogP) is 5.83. The molecular weight excluding hydrogens is 440 g/mol. The number of hydrogen-bond donors (Lipinski definition) is 1. The summed E-state index contributed by atoms with van der Waals surface area (Å²) in [5.41, 5.74) is 3.08. The number of ether oxygens (including phenoxy) is 1. The van der Waals surface area contributed by atoms with Crippen molar-refractivity contribution in [1.29, 1.82) is 0 Å². The molecule has 6 nitrogen and oxygen atoms in total. The largest absolute Gasteiger partial charge is 0.497 e. The van der Waals surface area contributed by atoms with Crippen LogP contribution in [0.15, 0.2) is 53.4 Å². The summed E-state index contributed by atoms with van der Waals surface area (Å²) in [6.45, 7) is 8.50. The Balaban J connectivity index is 1.51. The van der Waals surface area contributed by atoms with Crippen molar-refractivity contribution in [3.05, 3.63) is 59.8 Å². The number of methoxy groups -OCH3 is 1. The third-order valence-corrected chi connectivity index (χ3v) is 6.96. The van der Waals surface area contributed by atoms with Crippen LogP contribution in [0.5, 0.6) is 5.75 Å². The van der Waals surface area contributed by atoms with Crippen molar-refractivity contribution >= 4 is 45.0 Å². The number of carbonyl (C=O) groups is 1. The van der Waals surface area contributed by atoms with E-state index in [2.05, 4.69) is 49.4 Å². The Morgan fingerprint density at radius 1 is 1.16 bits per heavy atom. The van der Waals surface area contributed by atoms with Crippen molar-refractivity contribution in [1.82, 2.24) is 14.8 Å². The highest BCUT2D eigenvalue weighted by Gasteiger charge is 2.18. The van der Waals surface area contributed by atoms with Gasteiger partial charge >= 0.3 is 0 Å². The SMILES string of the molecule is COc1ccc(SCC(=O)Nc2cc(C)nn2-c2nc3ccc(C(C)(C)C)cc3s2)cc1. The highest BCUT2D eigenvalue weighted by atomic mass is 32.2. The minimum Gasteiger partial charge on any atom is -0.497 e. The van der Waals surface area contributed by atoms with Crippen molar-refractivity contribution < 1.29 is 9.53 Å². The van der Waals surface area contributed by atoms with Gasteiger partial charge in [0.1, 0.15) is 11.6 Å². The van der Waals surface area contributed by atoms with Gasteiger partial charge in [-0.25, -0.2) is 4.98 Å². The molecule has 166 valence electrons. The van der Waals surface area contributed by atoms with Gasteiger partial charge in [0.15, 0.2) is 0 Å². The van der Waals surface area contributed by atoms with E-state index in [0.717, 1.165) is 31.7 Å². The Morgan fingerprint density at radius 3 is 2.59 bits per heavy atom. The number of nitrogens with zero attached hydrogens (tertiary/aromatic N) is 3. The standard InChI is InChI=1S/C24H26N4O2S2/c1-15-12-21(26-22(29)14-31-18-9-7-17(30-5)8-10-18)28(27-15)23-25-19-11-6-16(24(2,3)4)13-20(19)32-23/h6-13H,14H2,1-5H3,(H,26,29). The molecule has 0 saturated heterocycles. The highest BCUT2D eigenvalue weighted by Crippen LogP contribution is 2.32. The smallest absolute Gasteiger partial charge is 0.235 e. The van der Waals surface area contributed by atoms with Crippen molar-refractivity contribution in [2.24, 2.45) is 0 Å². The second-order valence-corrected chi connectivity index (χ2v) is 10.6. The lowest BCUT2D eigenvalue weighted by molar-refractivity contribution is -0.113. The maximum absolute atomic E-state index is 12.6. The van der Waals surface area contributed by atoms with Crippen LogP contribution in [0.25, 0.3) is 15.3 Å². The van der Waals surface area contributed by atoms with Gasteiger partial charge in [-0.15, -0.1) is 11.8 Å². The summed E-state index contributed by atoms with van der Waals surface area (Å²) >= 11 is 3.04. The van der Waals surface area contributed by atoms with E-state index in [0.29, 0.717) is 11.6 Å². The molecule has 0 bridgehead atoms. The van der Waals surface area contributed by atoms with Crippen LogP contribution in [-0.2, 0) is 10.2 Å². The summed E-state index contributed by atoms with van der Waals surface area (Å²) in [6, 6.07) is 15.9. The predicted molar refractivity (Wildman–Crippen MR) is 133 cm³/mol. The number of carbonyl (C=O) groups excluding carboxylic acids is 1. The van der Waals surface area contributed by atoms with E-state index in [1.165, 1.54) is 17.3 Å². The molecule has 2 aromatic heterocycles. The van der Waals surface area contributed by atoms with Crippen LogP contribution in [0.1, 0.15) is 32.0 Å². The Kier molecular flexibility index (Phi) is 6.26. The number of nitrogens with one attached hydrogen (secondary N) is 1. The molecule has 0 spiro atoms. The van der Waals surface area contributed by atoms with Gasteiger partial charge in [0, 0.05) is 11.0 Å². The second-order valence-electron chi connectivity index (χ2n) is 8.52. The van der Waals surface area contributed by atoms with E-state index < -0.39 is 0 Å². The molecule has 4 aromatic rings. The zero-order valence-corrected chi connectivity index (χ0v) is 20.4. The fourth-order valence-corrected chi connectivity index (χ4v) is 4.87. The summed E-state index contributed by atoms with van der Waals surface area (Å²) in [4.78, 5) is 18.4. The van der Waals surface area contributed by atoms with Crippen molar-refractivity contribution in [2.75, 3.05) is 18.2 Å². The number of thiazole rings is 1. The van der Waals surface area contributed by atoms with Crippen LogP contribution in [0.3, 0.4) is 0 Å². The number of anilines is 1. The van der Waals surface area contributed by atoms with Crippen LogP contribution in [-0.4, -0.2) is 33.5 Å². The maximum Gasteiger partial charge on any atom is 0.235 e. The van der Waals surface area contributed by atoms with Gasteiger partial charge in [0.25, 0.3) is 0 Å². The average molecular weight is 467 g/mol. The number of aryl methyl sites for hydroxylation is 1. The van der Waals surface area contributed by atoms with Crippen molar-refractivity contribution in [3.63, 3.8) is 0 Å². The molecule has 0 atom stereocenters. The first kappa shape index (κ1) is 22.4. The molecule has 4 rings (SSSR count). The van der Waals surface area contributed by atoms with E-state index in [9.17, 15) is 4.79 Å². The first-order valence-corrected chi connectivity index (χ1v) is 12.1. The average Bonchev–Trinajstić information content (AvgIpc) is 3.34. The first-order chi connectivity index (χ1) is 15.2.